The molecule has 0 aliphatic carbocycles. The van der Waals surface area contributed by atoms with Crippen LogP contribution in [0.15, 0.2) is 41.0 Å². The minimum absolute atomic E-state index is 0.195. The van der Waals surface area contributed by atoms with Crippen LogP contribution in [0.3, 0.4) is 0 Å². The molecule has 2 rings (SSSR count). The molecule has 2 aromatic rings. The maximum absolute atomic E-state index is 11.3. The van der Waals surface area contributed by atoms with Gasteiger partial charge in [0.05, 0.1) is 6.61 Å². The molecule has 1 aromatic carbocycles. The predicted octanol–water partition coefficient (Wildman–Crippen LogP) is 2.52. The summed E-state index contributed by atoms with van der Waals surface area (Å²) < 4.78 is 10.0. The number of nitrogens with zero attached hydrogens (tertiary/aromatic N) is 1. The fourth-order valence-electron chi connectivity index (χ4n) is 1.29. The van der Waals surface area contributed by atoms with Gasteiger partial charge >= 0.3 is 5.97 Å². The van der Waals surface area contributed by atoms with Gasteiger partial charge in [0.2, 0.25) is 5.89 Å². The summed E-state index contributed by atoms with van der Waals surface area (Å²) in [5, 5.41) is 0. The van der Waals surface area contributed by atoms with Crippen molar-refractivity contribution in [1.82, 2.24) is 4.98 Å². The van der Waals surface area contributed by atoms with Crippen molar-refractivity contribution in [1.29, 1.82) is 0 Å². The van der Waals surface area contributed by atoms with Crippen LogP contribution in [-0.2, 0) is 4.74 Å². The molecule has 4 nitrogen and oxygen atoms in total. The number of hydrogen-bond acceptors (Lipinski definition) is 4. The Kier molecular flexibility index (Phi) is 3.00. The van der Waals surface area contributed by atoms with E-state index in [1.54, 1.807) is 6.92 Å². The second-order valence-electron chi connectivity index (χ2n) is 3.12. The highest BCUT2D eigenvalue weighted by Gasteiger charge is 2.13. The average Bonchev–Trinajstić information content (AvgIpc) is 2.80. The third-order valence-electron chi connectivity index (χ3n) is 2.01. The van der Waals surface area contributed by atoms with Gasteiger partial charge in [-0.05, 0) is 19.1 Å². The summed E-state index contributed by atoms with van der Waals surface area (Å²) in [6.07, 6.45) is 1.31. The summed E-state index contributed by atoms with van der Waals surface area (Å²) >= 11 is 0. The first kappa shape index (κ1) is 10.4. The Balaban J connectivity index is 2.23. The monoisotopic (exact) mass is 217 g/mol. The van der Waals surface area contributed by atoms with Crippen molar-refractivity contribution < 1.29 is 13.9 Å². The Morgan fingerprint density at radius 1 is 1.38 bits per heavy atom. The highest BCUT2D eigenvalue weighted by molar-refractivity contribution is 5.87. The molecule has 0 fully saturated rings. The van der Waals surface area contributed by atoms with E-state index >= 15 is 0 Å². The Bertz CT molecular complexity index is 476. The lowest BCUT2D eigenvalue weighted by atomic mass is 10.2. The molecule has 82 valence electrons. The Hall–Kier alpha value is -2.10. The number of ether oxygens (including phenoxy) is 1. The van der Waals surface area contributed by atoms with Gasteiger partial charge in [-0.3, -0.25) is 0 Å². The number of carbonyl (C=O) groups excluding carboxylic acids is 1. The normalized spacial score (nSPS) is 10.1. The fourth-order valence-corrected chi connectivity index (χ4v) is 1.29. The van der Waals surface area contributed by atoms with E-state index in [1.165, 1.54) is 6.26 Å². The van der Waals surface area contributed by atoms with Gasteiger partial charge in [-0.1, -0.05) is 18.2 Å². The van der Waals surface area contributed by atoms with Crippen LogP contribution in [0.2, 0.25) is 0 Å². The summed E-state index contributed by atoms with van der Waals surface area (Å²) in [6.45, 7) is 2.07. The van der Waals surface area contributed by atoms with Crippen molar-refractivity contribution in [3.63, 3.8) is 0 Å². The topological polar surface area (TPSA) is 52.3 Å². The molecule has 0 saturated carbocycles. The van der Waals surface area contributed by atoms with Crippen LogP contribution >= 0.6 is 0 Å². The molecular weight excluding hydrogens is 206 g/mol. The number of aromatic nitrogens is 1. The maximum atomic E-state index is 11.3. The van der Waals surface area contributed by atoms with Crippen molar-refractivity contribution in [2.24, 2.45) is 0 Å². The Morgan fingerprint density at radius 2 is 2.12 bits per heavy atom. The number of carbonyl (C=O) groups is 1. The molecule has 0 atom stereocenters. The van der Waals surface area contributed by atoms with Crippen LogP contribution in [0.25, 0.3) is 11.5 Å². The molecule has 1 heterocycles. The summed E-state index contributed by atoms with van der Waals surface area (Å²) in [5.74, 6) is -0.0444. The first-order valence-corrected chi connectivity index (χ1v) is 4.99. The van der Waals surface area contributed by atoms with Gasteiger partial charge in [-0.2, -0.15) is 0 Å². The van der Waals surface area contributed by atoms with E-state index in [9.17, 15) is 4.79 Å². The van der Waals surface area contributed by atoms with Crippen LogP contribution in [0, 0.1) is 0 Å². The first-order valence-electron chi connectivity index (χ1n) is 4.99. The van der Waals surface area contributed by atoms with Crippen LogP contribution in [0.4, 0.5) is 0 Å². The number of oxazole rings is 1. The van der Waals surface area contributed by atoms with E-state index in [0.717, 1.165) is 5.56 Å². The Labute approximate surface area is 92.9 Å². The lowest BCUT2D eigenvalue weighted by Crippen LogP contribution is -2.04. The van der Waals surface area contributed by atoms with E-state index in [-0.39, 0.29) is 5.69 Å². The molecule has 1 aromatic heterocycles. The van der Waals surface area contributed by atoms with Crippen LogP contribution in [0.1, 0.15) is 17.4 Å². The second-order valence-corrected chi connectivity index (χ2v) is 3.12. The molecule has 0 unspecified atom stereocenters. The molecule has 0 amide bonds. The largest absolute Gasteiger partial charge is 0.461 e. The van der Waals surface area contributed by atoms with Gasteiger partial charge in [0.15, 0.2) is 5.69 Å². The fraction of sp³-hybridized carbons (Fsp3) is 0.167. The van der Waals surface area contributed by atoms with Crippen LogP contribution < -0.4 is 0 Å². The molecule has 0 bridgehead atoms. The standard InChI is InChI=1S/C12H11NO3/c1-2-15-12(14)10-8-16-11(13-10)9-6-4-3-5-7-9/h3-8H,2H2,1H3. The molecule has 0 spiro atoms. The van der Waals surface area contributed by atoms with E-state index in [0.29, 0.717) is 12.5 Å². The van der Waals surface area contributed by atoms with Crippen molar-refractivity contribution in [3.8, 4) is 11.5 Å². The first-order chi connectivity index (χ1) is 7.81. The molecule has 16 heavy (non-hydrogen) atoms. The SMILES string of the molecule is CCOC(=O)c1coc(-c2ccccc2)n1. The highest BCUT2D eigenvalue weighted by atomic mass is 16.5. The van der Waals surface area contributed by atoms with Crippen molar-refractivity contribution in [3.05, 3.63) is 42.3 Å². The smallest absolute Gasteiger partial charge is 0.360 e. The lowest BCUT2D eigenvalue weighted by molar-refractivity contribution is 0.0519. The summed E-state index contributed by atoms with van der Waals surface area (Å²) in [6, 6.07) is 9.38. The van der Waals surface area contributed by atoms with E-state index in [2.05, 4.69) is 4.98 Å². The third kappa shape index (κ3) is 2.11. The predicted molar refractivity (Wildman–Crippen MR) is 57.9 cm³/mol. The van der Waals surface area contributed by atoms with E-state index in [1.807, 2.05) is 30.3 Å². The average molecular weight is 217 g/mol. The molecule has 0 saturated heterocycles. The molecule has 0 N–H and O–H groups in total. The third-order valence-corrected chi connectivity index (χ3v) is 2.01. The second kappa shape index (κ2) is 4.61. The zero-order valence-electron chi connectivity index (χ0n) is 8.84. The number of rotatable bonds is 3. The van der Waals surface area contributed by atoms with Gasteiger partial charge in [-0.15, -0.1) is 0 Å². The van der Waals surface area contributed by atoms with Crippen LogP contribution in [0.5, 0.6) is 0 Å². The van der Waals surface area contributed by atoms with Crippen molar-refractivity contribution >= 4 is 5.97 Å². The minimum atomic E-state index is -0.464. The number of esters is 1. The van der Waals surface area contributed by atoms with Gasteiger partial charge < -0.3 is 9.15 Å². The van der Waals surface area contributed by atoms with Gasteiger partial charge in [0.25, 0.3) is 0 Å². The van der Waals surface area contributed by atoms with Crippen LogP contribution in [-0.4, -0.2) is 17.6 Å². The molecular formula is C12H11NO3. The van der Waals surface area contributed by atoms with E-state index in [4.69, 9.17) is 9.15 Å². The summed E-state index contributed by atoms with van der Waals surface area (Å²) in [5.41, 5.74) is 1.03. The minimum Gasteiger partial charge on any atom is -0.461 e. The quantitative estimate of drug-likeness (QED) is 0.741. The molecule has 0 radical (unpaired) electrons. The zero-order chi connectivity index (χ0) is 11.4. The molecule has 4 heteroatoms. The van der Waals surface area contributed by atoms with Crippen molar-refractivity contribution in [2.45, 2.75) is 6.92 Å². The maximum Gasteiger partial charge on any atom is 0.360 e. The van der Waals surface area contributed by atoms with E-state index < -0.39 is 5.97 Å². The molecule has 0 aliphatic heterocycles. The number of hydrogen-bond donors (Lipinski definition) is 0. The van der Waals surface area contributed by atoms with Gasteiger partial charge in [0, 0.05) is 5.56 Å². The highest BCUT2D eigenvalue weighted by Crippen LogP contribution is 2.18. The Morgan fingerprint density at radius 3 is 2.81 bits per heavy atom. The van der Waals surface area contributed by atoms with Gasteiger partial charge in [-0.25, -0.2) is 9.78 Å². The van der Waals surface area contributed by atoms with Crippen molar-refractivity contribution in [2.75, 3.05) is 6.61 Å². The lowest BCUT2D eigenvalue weighted by Gasteiger charge is -1.95. The molecule has 0 aliphatic rings. The van der Waals surface area contributed by atoms with Gasteiger partial charge in [0.1, 0.15) is 6.26 Å². The zero-order valence-corrected chi connectivity index (χ0v) is 8.84. The summed E-state index contributed by atoms with van der Waals surface area (Å²) in [7, 11) is 0. The summed E-state index contributed by atoms with van der Waals surface area (Å²) in [4.78, 5) is 15.4. The number of benzene rings is 1.